The summed E-state index contributed by atoms with van der Waals surface area (Å²) in [6, 6.07) is 7.89. The minimum Gasteiger partial charge on any atom is -0.486 e. The van der Waals surface area contributed by atoms with E-state index < -0.39 is 0 Å². The summed E-state index contributed by atoms with van der Waals surface area (Å²) in [5, 5.41) is 3.14. The topological polar surface area (TPSA) is 56.5 Å². The number of benzene rings is 2. The van der Waals surface area contributed by atoms with Crippen LogP contribution >= 0.6 is 15.9 Å². The SMILES string of the molecule is Nc1cc2c(cc1Nc1ccc(F)cc1Br)OCCO2. The minimum atomic E-state index is -0.308. The summed E-state index contributed by atoms with van der Waals surface area (Å²) in [5.74, 6) is 0.973. The molecule has 0 fully saturated rings. The molecule has 1 aliphatic heterocycles. The van der Waals surface area contributed by atoms with Crippen LogP contribution in [0.25, 0.3) is 0 Å². The monoisotopic (exact) mass is 338 g/mol. The third-order valence-corrected chi connectivity index (χ3v) is 3.57. The summed E-state index contributed by atoms with van der Waals surface area (Å²) in [5.41, 5.74) is 7.92. The quantitative estimate of drug-likeness (QED) is 0.820. The van der Waals surface area contributed by atoms with Crippen LogP contribution in [0.1, 0.15) is 0 Å². The molecule has 0 radical (unpaired) electrons. The van der Waals surface area contributed by atoms with Crippen LogP contribution in [0.2, 0.25) is 0 Å². The van der Waals surface area contributed by atoms with Gasteiger partial charge in [-0.15, -0.1) is 0 Å². The summed E-state index contributed by atoms with van der Waals surface area (Å²) >= 11 is 3.30. The number of nitrogens with two attached hydrogens (primary N) is 1. The molecule has 1 heterocycles. The van der Waals surface area contributed by atoms with Gasteiger partial charge in [-0.2, -0.15) is 0 Å². The van der Waals surface area contributed by atoms with Crippen molar-refractivity contribution in [1.82, 2.24) is 0 Å². The summed E-state index contributed by atoms with van der Waals surface area (Å²) in [7, 11) is 0. The van der Waals surface area contributed by atoms with E-state index in [1.165, 1.54) is 12.1 Å². The van der Waals surface area contributed by atoms with Gasteiger partial charge in [-0.05, 0) is 34.1 Å². The molecule has 0 saturated heterocycles. The van der Waals surface area contributed by atoms with Crippen molar-refractivity contribution in [2.75, 3.05) is 24.3 Å². The van der Waals surface area contributed by atoms with E-state index in [0.717, 1.165) is 5.69 Å². The second kappa shape index (κ2) is 5.20. The predicted octanol–water partition coefficient (Wildman–Crippen LogP) is 3.69. The molecule has 4 nitrogen and oxygen atoms in total. The Hall–Kier alpha value is -1.95. The van der Waals surface area contributed by atoms with E-state index in [0.29, 0.717) is 40.6 Å². The molecule has 0 aliphatic carbocycles. The number of nitrogens with one attached hydrogen (secondary N) is 1. The lowest BCUT2D eigenvalue weighted by Crippen LogP contribution is -2.15. The molecule has 0 bridgehead atoms. The van der Waals surface area contributed by atoms with Crippen LogP contribution < -0.4 is 20.5 Å². The van der Waals surface area contributed by atoms with Gasteiger partial charge in [-0.3, -0.25) is 0 Å². The van der Waals surface area contributed by atoms with E-state index >= 15 is 0 Å². The molecule has 2 aromatic carbocycles. The Labute approximate surface area is 123 Å². The lowest BCUT2D eigenvalue weighted by atomic mass is 10.2. The number of fused-ring (bicyclic) bond motifs is 1. The Morgan fingerprint density at radius 1 is 1.05 bits per heavy atom. The molecule has 0 unspecified atom stereocenters. The van der Waals surface area contributed by atoms with Crippen molar-refractivity contribution in [1.29, 1.82) is 0 Å². The van der Waals surface area contributed by atoms with Crippen LogP contribution in [0.3, 0.4) is 0 Å². The average Bonchev–Trinajstić information content (AvgIpc) is 2.42. The molecule has 0 spiro atoms. The number of anilines is 3. The second-order valence-electron chi connectivity index (χ2n) is 4.33. The zero-order chi connectivity index (χ0) is 14.1. The maximum absolute atomic E-state index is 13.1. The molecule has 1 aliphatic rings. The summed E-state index contributed by atoms with van der Waals surface area (Å²) < 4.78 is 24.7. The molecule has 0 amide bonds. The molecule has 2 aromatic rings. The highest BCUT2D eigenvalue weighted by Crippen LogP contribution is 2.39. The highest BCUT2D eigenvalue weighted by Gasteiger charge is 2.15. The van der Waals surface area contributed by atoms with Crippen LogP contribution in [-0.4, -0.2) is 13.2 Å². The molecule has 0 atom stereocenters. The number of ether oxygens (including phenoxy) is 2. The molecule has 3 rings (SSSR count). The Kier molecular flexibility index (Phi) is 3.40. The van der Waals surface area contributed by atoms with Crippen molar-refractivity contribution < 1.29 is 13.9 Å². The third kappa shape index (κ3) is 2.51. The lowest BCUT2D eigenvalue weighted by Gasteiger charge is -2.20. The molecule has 104 valence electrons. The summed E-state index contributed by atoms with van der Waals surface area (Å²) in [4.78, 5) is 0. The van der Waals surface area contributed by atoms with E-state index in [1.54, 1.807) is 18.2 Å². The maximum atomic E-state index is 13.1. The Morgan fingerprint density at radius 3 is 2.45 bits per heavy atom. The maximum Gasteiger partial charge on any atom is 0.163 e. The highest BCUT2D eigenvalue weighted by atomic mass is 79.9. The largest absolute Gasteiger partial charge is 0.486 e. The van der Waals surface area contributed by atoms with Gasteiger partial charge in [-0.1, -0.05) is 0 Å². The van der Waals surface area contributed by atoms with E-state index in [1.807, 2.05) is 0 Å². The van der Waals surface area contributed by atoms with E-state index in [2.05, 4.69) is 21.2 Å². The fraction of sp³-hybridized carbons (Fsp3) is 0.143. The Balaban J connectivity index is 1.94. The van der Waals surface area contributed by atoms with Crippen LogP contribution in [-0.2, 0) is 0 Å². The van der Waals surface area contributed by atoms with Gasteiger partial charge >= 0.3 is 0 Å². The molecule has 3 N–H and O–H groups in total. The molecule has 0 saturated carbocycles. The van der Waals surface area contributed by atoms with Crippen LogP contribution in [0.5, 0.6) is 11.5 Å². The average molecular weight is 339 g/mol. The molecule has 6 heteroatoms. The van der Waals surface area contributed by atoms with Crippen LogP contribution in [0.15, 0.2) is 34.8 Å². The first-order chi connectivity index (χ1) is 9.63. The number of halogens is 2. The van der Waals surface area contributed by atoms with Gasteiger partial charge in [-0.25, -0.2) is 4.39 Å². The predicted molar refractivity (Wildman–Crippen MR) is 79.2 cm³/mol. The number of rotatable bonds is 2. The minimum absolute atomic E-state index is 0.308. The van der Waals surface area contributed by atoms with E-state index in [4.69, 9.17) is 15.2 Å². The Morgan fingerprint density at radius 2 is 1.75 bits per heavy atom. The normalized spacial score (nSPS) is 13.1. The van der Waals surface area contributed by atoms with Crippen molar-refractivity contribution in [2.24, 2.45) is 0 Å². The van der Waals surface area contributed by atoms with Crippen molar-refractivity contribution in [3.05, 3.63) is 40.6 Å². The molecular formula is C14H12BrFN2O2. The fourth-order valence-corrected chi connectivity index (χ4v) is 2.40. The fourth-order valence-electron chi connectivity index (χ4n) is 1.95. The zero-order valence-electron chi connectivity index (χ0n) is 10.5. The first-order valence-corrected chi connectivity index (χ1v) is 6.84. The molecule has 20 heavy (non-hydrogen) atoms. The standard InChI is InChI=1S/C14H12BrFN2O2/c15-9-5-8(16)1-2-11(9)18-12-7-14-13(6-10(12)17)19-3-4-20-14/h1-2,5-7,18H,3-4,17H2. The van der Waals surface area contributed by atoms with Crippen molar-refractivity contribution in [3.63, 3.8) is 0 Å². The zero-order valence-corrected chi connectivity index (χ0v) is 12.0. The number of hydrogen-bond acceptors (Lipinski definition) is 4. The van der Waals surface area contributed by atoms with Gasteiger partial charge in [0, 0.05) is 16.6 Å². The van der Waals surface area contributed by atoms with Gasteiger partial charge in [0.1, 0.15) is 19.0 Å². The van der Waals surface area contributed by atoms with Crippen molar-refractivity contribution in [2.45, 2.75) is 0 Å². The van der Waals surface area contributed by atoms with E-state index in [-0.39, 0.29) is 5.82 Å². The van der Waals surface area contributed by atoms with E-state index in [9.17, 15) is 4.39 Å². The summed E-state index contributed by atoms with van der Waals surface area (Å²) in [6.07, 6.45) is 0. The molecular weight excluding hydrogens is 327 g/mol. The van der Waals surface area contributed by atoms with Gasteiger partial charge in [0.05, 0.1) is 17.1 Å². The van der Waals surface area contributed by atoms with Crippen LogP contribution in [0.4, 0.5) is 21.5 Å². The number of nitrogen functional groups attached to an aromatic ring is 1. The lowest BCUT2D eigenvalue weighted by molar-refractivity contribution is 0.172. The van der Waals surface area contributed by atoms with Gasteiger partial charge in [0.15, 0.2) is 11.5 Å². The van der Waals surface area contributed by atoms with Crippen molar-refractivity contribution in [3.8, 4) is 11.5 Å². The van der Waals surface area contributed by atoms with Gasteiger partial charge in [0.2, 0.25) is 0 Å². The molecule has 0 aromatic heterocycles. The van der Waals surface area contributed by atoms with Crippen molar-refractivity contribution >= 4 is 33.0 Å². The third-order valence-electron chi connectivity index (χ3n) is 2.91. The number of hydrogen-bond donors (Lipinski definition) is 2. The van der Waals surface area contributed by atoms with Crippen LogP contribution in [0, 0.1) is 5.82 Å². The second-order valence-corrected chi connectivity index (χ2v) is 5.19. The van der Waals surface area contributed by atoms with Gasteiger partial charge in [0.25, 0.3) is 0 Å². The summed E-state index contributed by atoms with van der Waals surface area (Å²) in [6.45, 7) is 1.03. The van der Waals surface area contributed by atoms with Gasteiger partial charge < -0.3 is 20.5 Å². The first kappa shape index (κ1) is 13.1. The first-order valence-electron chi connectivity index (χ1n) is 6.04. The highest BCUT2D eigenvalue weighted by molar-refractivity contribution is 9.10. The smallest absolute Gasteiger partial charge is 0.163 e. The Bertz CT molecular complexity index is 664.